The number of unbranched alkanes of at least 4 members (excludes halogenated alkanes) is 3. The number of hydrogen-bond acceptors (Lipinski definition) is 4. The van der Waals surface area contributed by atoms with Crippen molar-refractivity contribution in [3.8, 4) is 0 Å². The molecule has 1 aliphatic rings. The second-order valence-corrected chi connectivity index (χ2v) is 5.81. The molecule has 1 aromatic rings. The maximum atomic E-state index is 12.5. The number of amides is 2. The molecule has 128 valence electrons. The van der Waals surface area contributed by atoms with Gasteiger partial charge in [-0.2, -0.15) is 0 Å². The number of carbonyl (C=O) groups excluding carboxylic acids is 3. The third kappa shape index (κ3) is 4.78. The predicted octanol–water partition coefficient (Wildman–Crippen LogP) is 2.65. The van der Waals surface area contributed by atoms with Gasteiger partial charge in [-0.3, -0.25) is 14.5 Å². The lowest BCUT2D eigenvalue weighted by molar-refractivity contribution is -0.157. The van der Waals surface area contributed by atoms with Crippen molar-refractivity contribution in [3.05, 3.63) is 48.0 Å². The van der Waals surface area contributed by atoms with Crippen LogP contribution in [0.2, 0.25) is 0 Å². The van der Waals surface area contributed by atoms with Crippen molar-refractivity contribution >= 4 is 17.8 Å². The van der Waals surface area contributed by atoms with Gasteiger partial charge in [-0.1, -0.05) is 56.5 Å². The molecule has 0 unspecified atom stereocenters. The summed E-state index contributed by atoms with van der Waals surface area (Å²) in [7, 11) is 0. The van der Waals surface area contributed by atoms with Gasteiger partial charge in [0.1, 0.15) is 6.04 Å². The lowest BCUT2D eigenvalue weighted by Crippen LogP contribution is -2.47. The molecule has 0 aromatic heterocycles. The van der Waals surface area contributed by atoms with Crippen LogP contribution in [0.4, 0.5) is 0 Å². The molecule has 5 heteroatoms. The summed E-state index contributed by atoms with van der Waals surface area (Å²) in [6.45, 7) is 2.42. The third-order valence-corrected chi connectivity index (χ3v) is 3.94. The Morgan fingerprint density at radius 1 is 1.04 bits per heavy atom. The van der Waals surface area contributed by atoms with Crippen molar-refractivity contribution in [3.63, 3.8) is 0 Å². The Morgan fingerprint density at radius 2 is 1.71 bits per heavy atom. The van der Waals surface area contributed by atoms with E-state index in [2.05, 4.69) is 6.92 Å². The molecule has 0 bridgehead atoms. The number of imide groups is 1. The topological polar surface area (TPSA) is 63.7 Å². The molecule has 0 saturated heterocycles. The number of carbonyl (C=O) groups is 3. The van der Waals surface area contributed by atoms with Gasteiger partial charge in [-0.05, 0) is 12.0 Å². The summed E-state index contributed by atoms with van der Waals surface area (Å²) in [5, 5.41) is 0. The first-order valence-electron chi connectivity index (χ1n) is 8.39. The molecule has 0 N–H and O–H groups in total. The van der Waals surface area contributed by atoms with Gasteiger partial charge in [-0.25, -0.2) is 4.79 Å². The predicted molar refractivity (Wildman–Crippen MR) is 90.0 cm³/mol. The molecule has 0 aliphatic carbocycles. The largest absolute Gasteiger partial charge is 0.464 e. The number of nitrogens with zero attached hydrogens (tertiary/aromatic N) is 1. The Labute approximate surface area is 142 Å². The van der Waals surface area contributed by atoms with Crippen LogP contribution < -0.4 is 0 Å². The standard InChI is InChI=1S/C19H23NO4/c1-2-3-4-8-13-24-19(23)16(14-15-9-6-5-7-10-15)20-17(21)11-12-18(20)22/h5-7,9-12,16H,2-4,8,13-14H2,1H3/t16-/m0/s1. The molecule has 1 atom stereocenters. The third-order valence-electron chi connectivity index (χ3n) is 3.94. The Hall–Kier alpha value is -2.43. The lowest BCUT2D eigenvalue weighted by atomic mass is 10.0. The van der Waals surface area contributed by atoms with E-state index in [-0.39, 0.29) is 6.42 Å². The first kappa shape index (κ1) is 17.9. The molecule has 0 radical (unpaired) electrons. The van der Waals surface area contributed by atoms with Crippen LogP contribution in [0.1, 0.15) is 38.2 Å². The normalized spacial score (nSPS) is 15.0. The Kier molecular flexibility index (Phi) is 6.73. The zero-order chi connectivity index (χ0) is 17.4. The number of ether oxygens (including phenoxy) is 1. The summed E-state index contributed by atoms with van der Waals surface area (Å²) in [6.07, 6.45) is 6.62. The van der Waals surface area contributed by atoms with E-state index in [0.29, 0.717) is 6.61 Å². The molecule has 1 aliphatic heterocycles. The molecule has 2 amide bonds. The number of esters is 1. The van der Waals surface area contributed by atoms with E-state index < -0.39 is 23.8 Å². The first-order valence-corrected chi connectivity index (χ1v) is 8.39. The highest BCUT2D eigenvalue weighted by atomic mass is 16.5. The van der Waals surface area contributed by atoms with Crippen LogP contribution in [0.5, 0.6) is 0 Å². The number of rotatable bonds is 9. The summed E-state index contributed by atoms with van der Waals surface area (Å²) in [5.74, 6) is -1.46. The van der Waals surface area contributed by atoms with Crippen LogP contribution in [0.3, 0.4) is 0 Å². The molecular weight excluding hydrogens is 306 g/mol. The molecule has 1 heterocycles. The van der Waals surface area contributed by atoms with Crippen LogP contribution in [-0.4, -0.2) is 35.3 Å². The van der Waals surface area contributed by atoms with Crippen LogP contribution >= 0.6 is 0 Å². The summed E-state index contributed by atoms with van der Waals surface area (Å²) >= 11 is 0. The Morgan fingerprint density at radius 3 is 2.33 bits per heavy atom. The van der Waals surface area contributed by atoms with Crippen molar-refractivity contribution in [1.29, 1.82) is 0 Å². The number of benzene rings is 1. The fourth-order valence-electron chi connectivity index (χ4n) is 2.63. The van der Waals surface area contributed by atoms with Gasteiger partial charge in [-0.15, -0.1) is 0 Å². The van der Waals surface area contributed by atoms with E-state index in [4.69, 9.17) is 4.74 Å². The van der Waals surface area contributed by atoms with Gasteiger partial charge in [0.25, 0.3) is 11.8 Å². The minimum atomic E-state index is -0.923. The van der Waals surface area contributed by atoms with E-state index in [1.54, 1.807) is 0 Å². The monoisotopic (exact) mass is 329 g/mol. The van der Waals surface area contributed by atoms with E-state index in [1.165, 1.54) is 12.2 Å². The highest BCUT2D eigenvalue weighted by molar-refractivity contribution is 6.14. The molecule has 5 nitrogen and oxygen atoms in total. The summed E-state index contributed by atoms with van der Waals surface area (Å²) in [4.78, 5) is 37.3. The van der Waals surface area contributed by atoms with Gasteiger partial charge < -0.3 is 4.74 Å². The van der Waals surface area contributed by atoms with Gasteiger partial charge in [0.15, 0.2) is 0 Å². The maximum Gasteiger partial charge on any atom is 0.329 e. The molecule has 0 saturated carbocycles. The fourth-order valence-corrected chi connectivity index (χ4v) is 2.63. The smallest absolute Gasteiger partial charge is 0.329 e. The second kappa shape index (κ2) is 9.01. The molecule has 0 fully saturated rings. The van der Waals surface area contributed by atoms with E-state index in [0.717, 1.165) is 36.1 Å². The molecule has 0 spiro atoms. The minimum absolute atomic E-state index is 0.258. The Balaban J connectivity index is 2.03. The quantitative estimate of drug-likeness (QED) is 0.397. The van der Waals surface area contributed by atoms with Crippen molar-refractivity contribution < 1.29 is 19.1 Å². The molecule has 2 rings (SSSR count). The highest BCUT2D eigenvalue weighted by Crippen LogP contribution is 2.16. The first-order chi connectivity index (χ1) is 11.6. The minimum Gasteiger partial charge on any atom is -0.464 e. The highest BCUT2D eigenvalue weighted by Gasteiger charge is 2.36. The van der Waals surface area contributed by atoms with E-state index in [1.807, 2.05) is 30.3 Å². The van der Waals surface area contributed by atoms with Gasteiger partial charge >= 0.3 is 5.97 Å². The zero-order valence-electron chi connectivity index (χ0n) is 13.9. The number of hydrogen-bond donors (Lipinski definition) is 0. The summed E-state index contributed by atoms with van der Waals surface area (Å²) in [5.41, 5.74) is 0.873. The van der Waals surface area contributed by atoms with Gasteiger partial charge in [0.05, 0.1) is 6.61 Å². The summed E-state index contributed by atoms with van der Waals surface area (Å²) < 4.78 is 5.32. The van der Waals surface area contributed by atoms with Crippen LogP contribution in [-0.2, 0) is 25.5 Å². The van der Waals surface area contributed by atoms with Crippen molar-refractivity contribution in [2.75, 3.05) is 6.61 Å². The lowest BCUT2D eigenvalue weighted by Gasteiger charge is -2.24. The average Bonchev–Trinajstić information content (AvgIpc) is 2.92. The van der Waals surface area contributed by atoms with E-state index in [9.17, 15) is 14.4 Å². The molecule has 24 heavy (non-hydrogen) atoms. The summed E-state index contributed by atoms with van der Waals surface area (Å²) in [6, 6.07) is 8.38. The maximum absolute atomic E-state index is 12.5. The van der Waals surface area contributed by atoms with Crippen LogP contribution in [0, 0.1) is 0 Å². The average molecular weight is 329 g/mol. The Bertz CT molecular complexity index is 591. The van der Waals surface area contributed by atoms with Crippen molar-refractivity contribution in [2.24, 2.45) is 0 Å². The van der Waals surface area contributed by atoms with Crippen LogP contribution in [0.25, 0.3) is 0 Å². The molecular formula is C19H23NO4. The second-order valence-electron chi connectivity index (χ2n) is 5.81. The zero-order valence-corrected chi connectivity index (χ0v) is 13.9. The van der Waals surface area contributed by atoms with Crippen LogP contribution in [0.15, 0.2) is 42.5 Å². The molecule has 1 aromatic carbocycles. The van der Waals surface area contributed by atoms with Crippen molar-refractivity contribution in [2.45, 2.75) is 45.1 Å². The van der Waals surface area contributed by atoms with Crippen molar-refractivity contribution in [1.82, 2.24) is 4.90 Å². The fraction of sp³-hybridized carbons (Fsp3) is 0.421. The SMILES string of the molecule is CCCCCCOC(=O)[C@H](Cc1ccccc1)N1C(=O)C=CC1=O. The van der Waals surface area contributed by atoms with Gasteiger partial charge in [0, 0.05) is 18.6 Å². The van der Waals surface area contributed by atoms with E-state index >= 15 is 0 Å². The van der Waals surface area contributed by atoms with Gasteiger partial charge in [0.2, 0.25) is 0 Å².